The van der Waals surface area contributed by atoms with Crippen molar-refractivity contribution in [2.24, 2.45) is 7.05 Å². The van der Waals surface area contributed by atoms with Crippen molar-refractivity contribution in [1.82, 2.24) is 19.3 Å². The van der Waals surface area contributed by atoms with Gasteiger partial charge in [0.15, 0.2) is 11.6 Å². The Bertz CT molecular complexity index is 1330. The maximum atomic E-state index is 12.6. The third kappa shape index (κ3) is 3.38. The van der Waals surface area contributed by atoms with E-state index in [-0.39, 0.29) is 23.2 Å². The van der Waals surface area contributed by atoms with Crippen LogP contribution < -0.4 is 10.2 Å². The quantitative estimate of drug-likeness (QED) is 0.419. The lowest BCUT2D eigenvalue weighted by Crippen LogP contribution is -2.15. The second-order valence-corrected chi connectivity index (χ2v) is 7.91. The minimum absolute atomic E-state index is 0.0749. The number of H-pyrrole nitrogens is 1. The van der Waals surface area contributed by atoms with Crippen LogP contribution in [0, 0.1) is 0 Å². The summed E-state index contributed by atoms with van der Waals surface area (Å²) in [4.78, 5) is 21.7. The molecule has 0 aliphatic heterocycles. The fourth-order valence-electron chi connectivity index (χ4n) is 3.50. The Hall–Kier alpha value is -3.42. The van der Waals surface area contributed by atoms with E-state index >= 15 is 0 Å². The van der Waals surface area contributed by atoms with Crippen LogP contribution in [0.4, 0.5) is 0 Å². The molecule has 9 nitrogen and oxygen atoms in total. The summed E-state index contributed by atoms with van der Waals surface area (Å²) in [6.45, 7) is 3.77. The first-order valence-electron chi connectivity index (χ1n) is 9.20. The van der Waals surface area contributed by atoms with Gasteiger partial charge < -0.3 is 9.67 Å². The number of phenolic OH excluding ortho intramolecular Hbond substituents is 1. The molecule has 1 atom stereocenters. The highest BCUT2D eigenvalue weighted by Gasteiger charge is 2.25. The largest absolute Gasteiger partial charge is 0.747 e. The van der Waals surface area contributed by atoms with E-state index in [9.17, 15) is 14.5 Å². The molecule has 10 heteroatoms. The highest BCUT2D eigenvalue weighted by Crippen LogP contribution is 2.40. The Morgan fingerprint density at radius 2 is 1.97 bits per heavy atom. The zero-order valence-electron chi connectivity index (χ0n) is 16.5. The number of nitrogens with one attached hydrogen (secondary N) is 1. The van der Waals surface area contributed by atoms with Crippen molar-refractivity contribution < 1.29 is 19.1 Å². The van der Waals surface area contributed by atoms with Gasteiger partial charge >= 0.3 is 13.9 Å². The van der Waals surface area contributed by atoms with Crippen LogP contribution in [-0.4, -0.2) is 29.3 Å². The molecule has 30 heavy (non-hydrogen) atoms. The van der Waals surface area contributed by atoms with Gasteiger partial charge in [0.25, 0.3) is 0 Å². The van der Waals surface area contributed by atoms with Crippen LogP contribution in [0.3, 0.4) is 0 Å². The van der Waals surface area contributed by atoms with Gasteiger partial charge in [-0.2, -0.15) is 5.10 Å². The Balaban J connectivity index is 1.91. The molecule has 0 saturated carbocycles. The number of aromatic hydroxyl groups is 1. The number of hydrogen-bond acceptors (Lipinski definition) is 5. The summed E-state index contributed by atoms with van der Waals surface area (Å²) in [6.07, 6.45) is 1.93. The molecule has 154 valence electrons. The van der Waals surface area contributed by atoms with E-state index in [0.717, 1.165) is 10.9 Å². The van der Waals surface area contributed by atoms with Crippen LogP contribution >= 0.6 is 8.25 Å². The summed E-state index contributed by atoms with van der Waals surface area (Å²) < 4.78 is 19.4. The zero-order valence-corrected chi connectivity index (χ0v) is 17.4. The molecular formula is C20H20N4O5P+. The van der Waals surface area contributed by atoms with Crippen molar-refractivity contribution in [3.63, 3.8) is 0 Å². The maximum absolute atomic E-state index is 12.6. The van der Waals surface area contributed by atoms with Gasteiger partial charge in [0.05, 0.1) is 11.3 Å². The summed E-state index contributed by atoms with van der Waals surface area (Å²) in [5.74, 6) is 0.0148. The summed E-state index contributed by atoms with van der Waals surface area (Å²) >= 11 is 0. The molecular weight excluding hydrogens is 407 g/mol. The number of aryl methyl sites for hydroxylation is 1. The molecule has 2 aromatic heterocycles. The highest BCUT2D eigenvalue weighted by atomic mass is 31.1. The molecule has 1 unspecified atom stereocenters. The number of aromatic nitrogens is 4. The second kappa shape index (κ2) is 7.44. The van der Waals surface area contributed by atoms with Crippen molar-refractivity contribution in [3.8, 4) is 28.6 Å². The summed E-state index contributed by atoms with van der Waals surface area (Å²) in [5.41, 5.74) is 2.05. The molecule has 4 aromatic rings. The van der Waals surface area contributed by atoms with Crippen LogP contribution in [0.5, 0.6) is 11.5 Å². The minimum atomic E-state index is -2.89. The highest BCUT2D eigenvalue weighted by molar-refractivity contribution is 7.32. The first-order chi connectivity index (χ1) is 14.3. The Morgan fingerprint density at radius 3 is 2.67 bits per heavy atom. The van der Waals surface area contributed by atoms with Gasteiger partial charge in [0.1, 0.15) is 5.75 Å². The molecule has 0 amide bonds. The topological polar surface area (TPSA) is 122 Å². The van der Waals surface area contributed by atoms with E-state index in [1.807, 2.05) is 49.9 Å². The fourth-order valence-corrected chi connectivity index (χ4v) is 3.83. The standard InChI is InChI=1S/C20H19N4O5P/c1-11(2)14-9-15(17(25)10-18(14)29-30(27)28)19-21-22-20(26)24(19)13-4-5-16-12(8-13)6-7-23(16)3/h4-11H,1-3H3,(H2-,21,22,25,26,27,28)/p+1. The molecule has 0 fully saturated rings. The van der Waals surface area contributed by atoms with Gasteiger partial charge in [0, 0.05) is 40.3 Å². The molecule has 0 spiro atoms. The van der Waals surface area contributed by atoms with E-state index < -0.39 is 13.9 Å². The van der Waals surface area contributed by atoms with E-state index in [1.165, 1.54) is 10.6 Å². The van der Waals surface area contributed by atoms with E-state index in [4.69, 9.17) is 9.42 Å². The predicted octanol–water partition coefficient (Wildman–Crippen LogP) is 3.58. The third-order valence-corrected chi connectivity index (χ3v) is 5.32. The van der Waals surface area contributed by atoms with Crippen molar-refractivity contribution in [2.45, 2.75) is 19.8 Å². The number of aromatic amines is 1. The molecule has 0 aliphatic rings. The average molecular weight is 427 g/mol. The smallest absolute Gasteiger partial charge is 0.507 e. The predicted molar refractivity (Wildman–Crippen MR) is 112 cm³/mol. The first kappa shape index (κ1) is 19.9. The average Bonchev–Trinajstić information content (AvgIpc) is 3.23. The van der Waals surface area contributed by atoms with Gasteiger partial charge in [0.2, 0.25) is 0 Å². The van der Waals surface area contributed by atoms with E-state index in [1.54, 1.807) is 12.1 Å². The molecule has 2 aromatic carbocycles. The number of benzene rings is 2. The Labute approximate surface area is 172 Å². The number of nitrogens with zero attached hydrogens (tertiary/aromatic N) is 3. The van der Waals surface area contributed by atoms with Crippen LogP contribution in [0.2, 0.25) is 0 Å². The third-order valence-electron chi connectivity index (χ3n) is 4.97. The number of phenols is 1. The first-order valence-corrected chi connectivity index (χ1v) is 10.3. The minimum Gasteiger partial charge on any atom is -0.507 e. The van der Waals surface area contributed by atoms with Crippen molar-refractivity contribution in [2.75, 3.05) is 0 Å². The molecule has 2 heterocycles. The lowest BCUT2D eigenvalue weighted by molar-refractivity contribution is 0.405. The molecule has 4 rings (SSSR count). The molecule has 0 bridgehead atoms. The monoisotopic (exact) mass is 427 g/mol. The SMILES string of the molecule is CC(C)c1cc(-c2n[nH]c(=O)n2-c2ccc3c(ccn3C)c2)c(O)cc1O[P+](=O)O. The number of hydrogen-bond donors (Lipinski definition) is 3. The van der Waals surface area contributed by atoms with Crippen molar-refractivity contribution >= 4 is 19.2 Å². The van der Waals surface area contributed by atoms with E-state index in [2.05, 4.69) is 10.2 Å². The van der Waals surface area contributed by atoms with Crippen LogP contribution in [0.1, 0.15) is 25.3 Å². The van der Waals surface area contributed by atoms with Gasteiger partial charge in [-0.05, 0) is 36.2 Å². The lowest BCUT2D eigenvalue weighted by atomic mass is 9.98. The van der Waals surface area contributed by atoms with Crippen molar-refractivity contribution in [1.29, 1.82) is 0 Å². The molecule has 0 aliphatic carbocycles. The summed E-state index contributed by atoms with van der Waals surface area (Å²) in [6, 6.07) is 10.4. The summed E-state index contributed by atoms with van der Waals surface area (Å²) in [7, 11) is -0.950. The van der Waals surface area contributed by atoms with Gasteiger partial charge in [-0.1, -0.05) is 13.8 Å². The Kier molecular flexibility index (Phi) is 4.93. The molecule has 0 radical (unpaired) electrons. The molecule has 0 saturated heterocycles. The zero-order chi connectivity index (χ0) is 21.6. The van der Waals surface area contributed by atoms with Crippen molar-refractivity contribution in [3.05, 3.63) is 58.6 Å². The molecule has 3 N–H and O–H groups in total. The summed E-state index contributed by atoms with van der Waals surface area (Å²) in [5, 5.41) is 18.1. The van der Waals surface area contributed by atoms with E-state index in [0.29, 0.717) is 16.8 Å². The van der Waals surface area contributed by atoms with Gasteiger partial charge in [-0.3, -0.25) is 0 Å². The van der Waals surface area contributed by atoms with Crippen LogP contribution in [0.15, 0.2) is 47.4 Å². The fraction of sp³-hybridized carbons (Fsp3) is 0.200. The van der Waals surface area contributed by atoms with Crippen LogP contribution in [0.25, 0.3) is 28.0 Å². The number of fused-ring (bicyclic) bond motifs is 1. The number of rotatable bonds is 5. The van der Waals surface area contributed by atoms with Crippen LogP contribution in [-0.2, 0) is 11.6 Å². The van der Waals surface area contributed by atoms with Gasteiger partial charge in [-0.15, -0.1) is 4.89 Å². The maximum Gasteiger partial charge on any atom is 0.747 e. The lowest BCUT2D eigenvalue weighted by Gasteiger charge is -2.13. The Morgan fingerprint density at radius 1 is 1.20 bits per heavy atom. The normalized spacial score (nSPS) is 12.0. The second-order valence-electron chi connectivity index (χ2n) is 7.25. The van der Waals surface area contributed by atoms with Gasteiger partial charge in [-0.25, -0.2) is 19.0 Å².